The first kappa shape index (κ1) is 29.3. The fourth-order valence-corrected chi connectivity index (χ4v) is 7.62. The smallest absolute Gasteiger partial charge is 0.319 e. The summed E-state index contributed by atoms with van der Waals surface area (Å²) in [6.45, 7) is 4.58. The summed E-state index contributed by atoms with van der Waals surface area (Å²) in [6.07, 6.45) is 10.9. The number of fused-ring (bicyclic) bond motifs is 4. The van der Waals surface area contributed by atoms with Crippen molar-refractivity contribution >= 4 is 27.5 Å². The number of benzene rings is 2. The topological polar surface area (TPSA) is 86.6 Å². The molecule has 4 fully saturated rings. The number of hydrogen-bond acceptors (Lipinski definition) is 8. The van der Waals surface area contributed by atoms with Crippen molar-refractivity contribution in [3.63, 3.8) is 0 Å². The molecular weight excluding hydrogens is 593 g/mol. The molecule has 3 saturated heterocycles. The number of alkyl halides is 1. The minimum absolute atomic E-state index is 0.0313. The molecule has 5 heterocycles. The maximum absolute atomic E-state index is 16.8. The third-order valence-electron chi connectivity index (χ3n) is 10.2. The Morgan fingerprint density at radius 2 is 1.89 bits per heavy atom. The number of nitrogens with one attached hydrogen (secondary N) is 1. The van der Waals surface area contributed by atoms with Crippen molar-refractivity contribution in [1.82, 2.24) is 25.2 Å². The lowest BCUT2D eigenvalue weighted by atomic mass is 9.81. The number of rotatable bonds is 6. The number of phenols is 1. The highest BCUT2D eigenvalue weighted by atomic mass is 19.1. The molecule has 1 saturated carbocycles. The van der Waals surface area contributed by atoms with Crippen LogP contribution in [0.15, 0.2) is 30.5 Å². The lowest BCUT2D eigenvalue weighted by Crippen LogP contribution is -2.52. The standard InChI is InChI=1S/C35H35F3N6O2/c1-3-24-27(36)9-4-19-12-23(45)13-25(29(19)24)31-30(38)32-26(14-39-31)33(44-15-20-5-6-21(16-44)40-20)42-34(41-32)46-18-35(2)17-43(22-7-8-22)11-10-28(35)37/h1,4,9,12-14,20-22,28,40,45H,5-8,10-11,15-18H2,2H3/t20-,21+,28-,35-/m0/s1. The molecule has 2 aromatic heterocycles. The Bertz CT molecular complexity index is 1900. The van der Waals surface area contributed by atoms with Crippen LogP contribution in [-0.4, -0.2) is 82.0 Å². The van der Waals surface area contributed by atoms with Gasteiger partial charge in [0.05, 0.1) is 10.9 Å². The molecule has 4 atom stereocenters. The third kappa shape index (κ3) is 4.99. The van der Waals surface area contributed by atoms with E-state index in [0.717, 1.165) is 32.2 Å². The normalized spacial score (nSPS) is 26.5. The Kier molecular flexibility index (Phi) is 6.99. The van der Waals surface area contributed by atoms with Crippen LogP contribution >= 0.6 is 0 Å². The predicted octanol–water partition coefficient (Wildman–Crippen LogP) is 5.34. The van der Waals surface area contributed by atoms with E-state index in [1.54, 1.807) is 0 Å². The average molecular weight is 629 g/mol. The molecule has 0 amide bonds. The number of ether oxygens (including phenoxy) is 1. The molecular formula is C35H35F3N6O2. The van der Waals surface area contributed by atoms with Gasteiger partial charge in [0.1, 0.15) is 41.4 Å². The first-order chi connectivity index (χ1) is 22.2. The van der Waals surface area contributed by atoms with Crippen LogP contribution < -0.4 is 15.0 Å². The fourth-order valence-electron chi connectivity index (χ4n) is 7.62. The van der Waals surface area contributed by atoms with Crippen molar-refractivity contribution in [2.24, 2.45) is 5.41 Å². The van der Waals surface area contributed by atoms with Gasteiger partial charge >= 0.3 is 6.01 Å². The van der Waals surface area contributed by atoms with Crippen LogP contribution in [-0.2, 0) is 0 Å². The lowest BCUT2D eigenvalue weighted by Gasteiger charge is -2.42. The molecule has 4 aromatic rings. The molecule has 2 bridgehead atoms. The highest BCUT2D eigenvalue weighted by Crippen LogP contribution is 2.41. The van der Waals surface area contributed by atoms with Crippen molar-refractivity contribution in [2.75, 3.05) is 37.7 Å². The molecule has 2 aromatic carbocycles. The molecule has 46 heavy (non-hydrogen) atoms. The van der Waals surface area contributed by atoms with Gasteiger partial charge in [0.2, 0.25) is 0 Å². The fraction of sp³-hybridized carbons (Fsp3) is 0.457. The summed E-state index contributed by atoms with van der Waals surface area (Å²) >= 11 is 0. The number of aromatic nitrogens is 3. The number of nitrogens with zero attached hydrogens (tertiary/aromatic N) is 5. The summed E-state index contributed by atoms with van der Waals surface area (Å²) in [5, 5.41) is 15.2. The highest BCUT2D eigenvalue weighted by molar-refractivity contribution is 6.03. The van der Waals surface area contributed by atoms with Gasteiger partial charge in [-0.05, 0) is 55.7 Å². The molecule has 0 radical (unpaired) electrons. The molecule has 2 N–H and O–H groups in total. The van der Waals surface area contributed by atoms with Crippen LogP contribution in [0, 0.1) is 29.4 Å². The molecule has 11 heteroatoms. The van der Waals surface area contributed by atoms with Crippen LogP contribution in [0.2, 0.25) is 0 Å². The van der Waals surface area contributed by atoms with Crippen molar-refractivity contribution in [3.05, 3.63) is 47.7 Å². The van der Waals surface area contributed by atoms with Gasteiger partial charge in [-0.2, -0.15) is 9.97 Å². The average Bonchev–Trinajstić information content (AvgIpc) is 3.84. The van der Waals surface area contributed by atoms with E-state index in [2.05, 4.69) is 31.0 Å². The molecule has 0 spiro atoms. The number of pyridine rings is 1. The summed E-state index contributed by atoms with van der Waals surface area (Å²) < 4.78 is 53.2. The molecule has 8 rings (SSSR count). The number of likely N-dealkylation sites (tertiary alicyclic amines) is 1. The highest BCUT2D eigenvalue weighted by Gasteiger charge is 2.45. The van der Waals surface area contributed by atoms with Crippen LogP contribution in [0.25, 0.3) is 32.9 Å². The number of phenolic OH excluding ortho intramolecular Hbond substituents is 1. The molecule has 4 aliphatic rings. The number of piperazine rings is 1. The summed E-state index contributed by atoms with van der Waals surface area (Å²) in [6, 6.07) is 6.49. The zero-order valence-corrected chi connectivity index (χ0v) is 25.6. The van der Waals surface area contributed by atoms with Crippen LogP contribution in [0.1, 0.15) is 44.6 Å². The van der Waals surface area contributed by atoms with Crippen LogP contribution in [0.3, 0.4) is 0 Å². The first-order valence-electron chi connectivity index (χ1n) is 16.0. The second-order valence-electron chi connectivity index (χ2n) is 13.6. The van der Waals surface area contributed by atoms with E-state index in [0.29, 0.717) is 48.7 Å². The maximum Gasteiger partial charge on any atom is 0.319 e. The van der Waals surface area contributed by atoms with E-state index >= 15 is 8.78 Å². The summed E-state index contributed by atoms with van der Waals surface area (Å²) in [5.41, 5.74) is -0.865. The lowest BCUT2D eigenvalue weighted by molar-refractivity contribution is -0.0200. The monoisotopic (exact) mass is 628 g/mol. The van der Waals surface area contributed by atoms with Crippen molar-refractivity contribution in [1.29, 1.82) is 0 Å². The molecule has 238 valence electrons. The van der Waals surface area contributed by atoms with Gasteiger partial charge in [-0.25, -0.2) is 13.2 Å². The Hall–Kier alpha value is -4.14. The minimum atomic E-state index is -1.05. The Balaban J connectivity index is 1.24. The van der Waals surface area contributed by atoms with Gasteiger partial charge in [-0.15, -0.1) is 6.42 Å². The maximum atomic E-state index is 16.8. The van der Waals surface area contributed by atoms with Crippen LogP contribution in [0.4, 0.5) is 19.0 Å². The number of terminal acetylenes is 1. The Morgan fingerprint density at radius 3 is 2.63 bits per heavy atom. The van der Waals surface area contributed by atoms with Gasteiger partial charge in [0.15, 0.2) is 5.82 Å². The number of anilines is 1. The second kappa shape index (κ2) is 11.0. The van der Waals surface area contributed by atoms with E-state index in [1.807, 2.05) is 6.92 Å². The van der Waals surface area contributed by atoms with Crippen molar-refractivity contribution in [3.8, 4) is 35.4 Å². The number of hydrogen-bond donors (Lipinski definition) is 2. The van der Waals surface area contributed by atoms with E-state index in [-0.39, 0.29) is 58.2 Å². The minimum Gasteiger partial charge on any atom is -0.508 e. The quantitative estimate of drug-likeness (QED) is 0.277. The molecule has 0 unspecified atom stereocenters. The second-order valence-corrected chi connectivity index (χ2v) is 13.6. The molecule has 3 aliphatic heterocycles. The van der Waals surface area contributed by atoms with E-state index in [9.17, 15) is 9.50 Å². The van der Waals surface area contributed by atoms with Crippen molar-refractivity contribution < 1.29 is 23.0 Å². The third-order valence-corrected chi connectivity index (χ3v) is 10.2. The molecule has 1 aliphatic carbocycles. The predicted molar refractivity (Wildman–Crippen MR) is 170 cm³/mol. The summed E-state index contributed by atoms with van der Waals surface area (Å²) in [7, 11) is 0. The van der Waals surface area contributed by atoms with Gasteiger partial charge < -0.3 is 20.1 Å². The van der Waals surface area contributed by atoms with E-state index in [1.165, 1.54) is 30.5 Å². The number of halogens is 3. The molecule has 8 nitrogen and oxygen atoms in total. The zero-order valence-electron chi connectivity index (χ0n) is 25.6. The Morgan fingerprint density at radius 1 is 1.11 bits per heavy atom. The van der Waals surface area contributed by atoms with E-state index in [4.69, 9.17) is 16.1 Å². The van der Waals surface area contributed by atoms with Crippen LogP contribution in [0.5, 0.6) is 11.8 Å². The van der Waals surface area contributed by atoms with Gasteiger partial charge in [-0.1, -0.05) is 18.9 Å². The SMILES string of the molecule is C#Cc1c(F)ccc2cc(O)cc(-c3ncc4c(N5C[C@H]6CC[C@@H](C5)N6)nc(OC[C@]5(C)CN(C6CC6)CC[C@@H]5F)nc4c3F)c12. The van der Waals surface area contributed by atoms with Gasteiger partial charge in [0.25, 0.3) is 0 Å². The van der Waals surface area contributed by atoms with Gasteiger partial charge in [0, 0.05) is 66.9 Å². The summed E-state index contributed by atoms with van der Waals surface area (Å²) in [4.78, 5) is 18.3. The van der Waals surface area contributed by atoms with E-state index < -0.39 is 23.2 Å². The summed E-state index contributed by atoms with van der Waals surface area (Å²) in [5.74, 6) is 1.30. The van der Waals surface area contributed by atoms with Gasteiger partial charge in [-0.3, -0.25) is 9.88 Å². The Labute approximate surface area is 265 Å². The number of piperidine rings is 1. The van der Waals surface area contributed by atoms with Crippen molar-refractivity contribution in [2.45, 2.75) is 63.3 Å². The first-order valence-corrected chi connectivity index (χ1v) is 16.0. The zero-order chi connectivity index (χ0) is 31.7. The number of aromatic hydroxyl groups is 1. The largest absolute Gasteiger partial charge is 0.508 e.